The molecule has 25 heavy (non-hydrogen) atoms. The maximum Gasteiger partial charge on any atom is 0.213 e. The summed E-state index contributed by atoms with van der Waals surface area (Å²) in [5.74, 6) is 1.84. The number of guanidine groups is 1. The van der Waals surface area contributed by atoms with E-state index >= 15 is 0 Å². The van der Waals surface area contributed by atoms with E-state index in [0.717, 1.165) is 30.2 Å². The van der Waals surface area contributed by atoms with Crippen LogP contribution >= 0.6 is 0 Å². The number of nitrogens with one attached hydrogen (secondary N) is 1. The van der Waals surface area contributed by atoms with Gasteiger partial charge < -0.3 is 15.8 Å². The molecule has 3 N–H and O–H groups in total. The number of benzene rings is 1. The van der Waals surface area contributed by atoms with Crippen LogP contribution in [-0.4, -0.2) is 17.6 Å². The van der Waals surface area contributed by atoms with Gasteiger partial charge in [-0.1, -0.05) is 12.1 Å². The lowest BCUT2D eigenvalue weighted by Gasteiger charge is -2.08. The first-order valence-electron chi connectivity index (χ1n) is 9.03. The van der Waals surface area contributed by atoms with Gasteiger partial charge in [-0.15, -0.1) is 0 Å². The molecular weight excluding hydrogens is 312 g/mol. The van der Waals surface area contributed by atoms with E-state index in [4.69, 9.17) is 10.5 Å². The van der Waals surface area contributed by atoms with Crippen LogP contribution in [0.4, 0.5) is 5.69 Å². The first kappa shape index (κ1) is 15.9. The first-order chi connectivity index (χ1) is 12.3. The fourth-order valence-electron chi connectivity index (χ4n) is 3.09. The van der Waals surface area contributed by atoms with E-state index in [9.17, 15) is 0 Å². The lowest BCUT2D eigenvalue weighted by Crippen LogP contribution is -2.22. The van der Waals surface area contributed by atoms with Gasteiger partial charge in [-0.2, -0.15) is 0 Å². The third kappa shape index (κ3) is 4.29. The van der Waals surface area contributed by atoms with E-state index in [0.29, 0.717) is 18.4 Å². The van der Waals surface area contributed by atoms with Crippen LogP contribution in [0.15, 0.2) is 41.5 Å². The molecule has 1 aromatic carbocycles. The van der Waals surface area contributed by atoms with Crippen molar-refractivity contribution in [1.29, 1.82) is 0 Å². The normalized spacial score (nSPS) is 16.6. The van der Waals surface area contributed by atoms with Gasteiger partial charge in [0, 0.05) is 18.0 Å². The molecule has 4 rings (SSSR count). The van der Waals surface area contributed by atoms with Gasteiger partial charge in [-0.05, 0) is 66.8 Å². The minimum absolute atomic E-state index is 0.423. The molecule has 1 fully saturated rings. The Morgan fingerprint density at radius 1 is 1.20 bits per heavy atom. The summed E-state index contributed by atoms with van der Waals surface area (Å²) in [7, 11) is 0. The maximum atomic E-state index is 6.01. The fraction of sp³-hybridized carbons (Fsp3) is 0.400. The van der Waals surface area contributed by atoms with Gasteiger partial charge >= 0.3 is 0 Å². The van der Waals surface area contributed by atoms with Gasteiger partial charge in [0.05, 0.1) is 13.2 Å². The van der Waals surface area contributed by atoms with Crippen molar-refractivity contribution in [2.24, 2.45) is 16.6 Å². The lowest BCUT2D eigenvalue weighted by atomic mass is 10.1. The van der Waals surface area contributed by atoms with Crippen molar-refractivity contribution in [2.45, 2.75) is 38.6 Å². The van der Waals surface area contributed by atoms with Crippen molar-refractivity contribution in [3.8, 4) is 5.88 Å². The van der Waals surface area contributed by atoms with Gasteiger partial charge in [-0.25, -0.2) is 9.98 Å². The standard InChI is InChI=1S/C20H24N4O/c21-20(24-18-8-7-16-2-1-3-17(16)10-18)23-12-15-6-9-19(22-11-15)25-13-14-4-5-14/h6-11,14H,1-5,12-13H2,(H3,21,23,24). The summed E-state index contributed by atoms with van der Waals surface area (Å²) < 4.78 is 5.64. The van der Waals surface area contributed by atoms with E-state index in [1.807, 2.05) is 12.1 Å². The average molecular weight is 336 g/mol. The largest absolute Gasteiger partial charge is 0.477 e. The number of aryl methyl sites for hydroxylation is 2. The molecular formula is C20H24N4O. The molecule has 0 atom stereocenters. The summed E-state index contributed by atoms with van der Waals surface area (Å²) in [6.07, 6.45) is 7.95. The Kier molecular flexibility index (Phi) is 4.55. The number of rotatable bonds is 6. The molecule has 2 aliphatic rings. The zero-order valence-electron chi connectivity index (χ0n) is 14.4. The van der Waals surface area contributed by atoms with Crippen molar-refractivity contribution < 1.29 is 4.74 Å². The number of aliphatic imine (C=N–C) groups is 1. The SMILES string of the molecule is NC(=NCc1ccc(OCC2CC2)nc1)Nc1ccc2c(c1)CCC2. The van der Waals surface area contributed by atoms with E-state index in [1.165, 1.54) is 36.8 Å². The van der Waals surface area contributed by atoms with Crippen LogP contribution in [0.25, 0.3) is 0 Å². The zero-order valence-corrected chi connectivity index (χ0v) is 14.4. The number of nitrogens with two attached hydrogens (primary N) is 1. The highest BCUT2D eigenvalue weighted by molar-refractivity contribution is 5.92. The number of anilines is 1. The molecule has 1 aromatic heterocycles. The number of fused-ring (bicyclic) bond motifs is 1. The zero-order chi connectivity index (χ0) is 17.1. The molecule has 1 saturated carbocycles. The van der Waals surface area contributed by atoms with Gasteiger partial charge in [0.2, 0.25) is 5.88 Å². The first-order valence-corrected chi connectivity index (χ1v) is 9.03. The number of hydrogen-bond donors (Lipinski definition) is 2. The Morgan fingerprint density at radius 3 is 2.88 bits per heavy atom. The molecule has 2 aromatic rings. The molecule has 0 spiro atoms. The maximum absolute atomic E-state index is 6.01. The van der Waals surface area contributed by atoms with Crippen LogP contribution in [0.5, 0.6) is 5.88 Å². The Hall–Kier alpha value is -2.56. The summed E-state index contributed by atoms with van der Waals surface area (Å²) >= 11 is 0. The average Bonchev–Trinajstić information content (AvgIpc) is 3.35. The minimum Gasteiger partial charge on any atom is -0.477 e. The Labute approximate surface area is 148 Å². The van der Waals surface area contributed by atoms with E-state index in [2.05, 4.69) is 33.5 Å². The number of nitrogens with zero attached hydrogens (tertiary/aromatic N) is 2. The lowest BCUT2D eigenvalue weighted by molar-refractivity contribution is 0.288. The number of ether oxygens (including phenoxy) is 1. The molecule has 0 bridgehead atoms. The highest BCUT2D eigenvalue weighted by Gasteiger charge is 2.22. The summed E-state index contributed by atoms with van der Waals surface area (Å²) in [6.45, 7) is 1.28. The molecule has 2 aliphatic carbocycles. The van der Waals surface area contributed by atoms with Gasteiger partial charge in [0.25, 0.3) is 0 Å². The number of hydrogen-bond acceptors (Lipinski definition) is 3. The summed E-state index contributed by atoms with van der Waals surface area (Å²) in [4.78, 5) is 8.73. The van der Waals surface area contributed by atoms with Crippen molar-refractivity contribution >= 4 is 11.6 Å². The smallest absolute Gasteiger partial charge is 0.213 e. The molecule has 0 unspecified atom stereocenters. The van der Waals surface area contributed by atoms with Crippen LogP contribution in [-0.2, 0) is 19.4 Å². The van der Waals surface area contributed by atoms with Crippen molar-refractivity contribution in [3.63, 3.8) is 0 Å². The van der Waals surface area contributed by atoms with Crippen molar-refractivity contribution in [2.75, 3.05) is 11.9 Å². The monoisotopic (exact) mass is 336 g/mol. The van der Waals surface area contributed by atoms with E-state index < -0.39 is 0 Å². The van der Waals surface area contributed by atoms with E-state index in [1.54, 1.807) is 6.20 Å². The molecule has 5 nitrogen and oxygen atoms in total. The highest BCUT2D eigenvalue weighted by atomic mass is 16.5. The van der Waals surface area contributed by atoms with Crippen LogP contribution < -0.4 is 15.8 Å². The van der Waals surface area contributed by atoms with E-state index in [-0.39, 0.29) is 0 Å². The Morgan fingerprint density at radius 2 is 2.08 bits per heavy atom. The molecule has 0 amide bonds. The van der Waals surface area contributed by atoms with Gasteiger partial charge in [0.15, 0.2) is 5.96 Å². The molecule has 1 heterocycles. The molecule has 0 aliphatic heterocycles. The summed E-state index contributed by atoms with van der Waals surface area (Å²) in [5.41, 5.74) is 10.9. The number of aromatic nitrogens is 1. The number of pyridine rings is 1. The van der Waals surface area contributed by atoms with Gasteiger partial charge in [-0.3, -0.25) is 0 Å². The van der Waals surface area contributed by atoms with Crippen LogP contribution in [0.3, 0.4) is 0 Å². The third-order valence-corrected chi connectivity index (χ3v) is 4.76. The second-order valence-electron chi connectivity index (χ2n) is 6.92. The van der Waals surface area contributed by atoms with Crippen LogP contribution in [0, 0.1) is 5.92 Å². The molecule has 130 valence electrons. The fourth-order valence-corrected chi connectivity index (χ4v) is 3.09. The predicted molar refractivity (Wildman–Crippen MR) is 99.9 cm³/mol. The second kappa shape index (κ2) is 7.13. The second-order valence-corrected chi connectivity index (χ2v) is 6.92. The van der Waals surface area contributed by atoms with Crippen LogP contribution in [0.1, 0.15) is 36.0 Å². The molecule has 0 saturated heterocycles. The van der Waals surface area contributed by atoms with Crippen molar-refractivity contribution in [1.82, 2.24) is 4.98 Å². The third-order valence-electron chi connectivity index (χ3n) is 4.76. The van der Waals surface area contributed by atoms with Crippen LogP contribution in [0.2, 0.25) is 0 Å². The summed E-state index contributed by atoms with van der Waals surface area (Å²) in [5, 5.41) is 3.18. The van der Waals surface area contributed by atoms with Gasteiger partial charge in [0.1, 0.15) is 0 Å². The minimum atomic E-state index is 0.423. The predicted octanol–water partition coefficient (Wildman–Crippen LogP) is 3.29. The summed E-state index contributed by atoms with van der Waals surface area (Å²) in [6, 6.07) is 10.3. The Balaban J connectivity index is 1.31. The topological polar surface area (TPSA) is 72.5 Å². The molecule has 5 heteroatoms. The van der Waals surface area contributed by atoms with Crippen molar-refractivity contribution in [3.05, 3.63) is 53.2 Å². The Bertz CT molecular complexity index is 766. The molecule has 0 radical (unpaired) electrons. The highest BCUT2D eigenvalue weighted by Crippen LogP contribution is 2.29. The quantitative estimate of drug-likeness (QED) is 0.627.